The van der Waals surface area contributed by atoms with E-state index in [1.54, 1.807) is 62.6 Å². The Kier molecular flexibility index (Phi) is 10.6. The summed E-state index contributed by atoms with van der Waals surface area (Å²) in [6.45, 7) is 3.56. The van der Waals surface area contributed by atoms with Crippen LogP contribution in [0.5, 0.6) is 5.75 Å². The number of methoxy groups -OCH3 is 1. The van der Waals surface area contributed by atoms with Crippen molar-refractivity contribution in [3.8, 4) is 5.75 Å². The molecule has 0 saturated carbocycles. The van der Waals surface area contributed by atoms with Crippen LogP contribution in [0.2, 0.25) is 0 Å². The predicted molar refractivity (Wildman–Crippen MR) is 168 cm³/mol. The van der Waals surface area contributed by atoms with Crippen molar-refractivity contribution in [2.45, 2.75) is 37.8 Å². The van der Waals surface area contributed by atoms with Crippen LogP contribution in [0.3, 0.4) is 0 Å². The molecule has 224 valence electrons. The molecule has 0 heterocycles. The van der Waals surface area contributed by atoms with Gasteiger partial charge in [-0.1, -0.05) is 78.9 Å². The van der Waals surface area contributed by atoms with Crippen molar-refractivity contribution >= 4 is 27.5 Å². The number of benzene rings is 4. The molecule has 0 saturated heterocycles. The number of sulfonamides is 1. The van der Waals surface area contributed by atoms with E-state index in [-0.39, 0.29) is 23.8 Å². The highest BCUT2D eigenvalue weighted by molar-refractivity contribution is 7.92. The fourth-order valence-corrected chi connectivity index (χ4v) is 6.39. The van der Waals surface area contributed by atoms with Gasteiger partial charge >= 0.3 is 0 Å². The first-order valence-corrected chi connectivity index (χ1v) is 15.6. The Morgan fingerprint density at radius 2 is 1.47 bits per heavy atom. The van der Waals surface area contributed by atoms with E-state index in [0.29, 0.717) is 23.5 Å². The molecule has 4 rings (SSSR count). The maximum atomic E-state index is 14.4. The quantitative estimate of drug-likeness (QED) is 0.234. The van der Waals surface area contributed by atoms with Crippen molar-refractivity contribution in [1.29, 1.82) is 0 Å². The molecule has 0 unspecified atom stereocenters. The minimum atomic E-state index is -4.14. The summed E-state index contributed by atoms with van der Waals surface area (Å²) in [5.41, 5.74) is 2.69. The number of carbonyl (C=O) groups is 2. The minimum Gasteiger partial charge on any atom is -0.497 e. The summed E-state index contributed by atoms with van der Waals surface area (Å²) in [5, 5.41) is 2.87. The number of rotatable bonds is 13. The Bertz CT molecular complexity index is 1630. The molecule has 0 aliphatic rings. The molecule has 8 nitrogen and oxygen atoms in total. The topological polar surface area (TPSA) is 96.0 Å². The number of aryl methyl sites for hydroxylation is 1. The van der Waals surface area contributed by atoms with Crippen LogP contribution < -0.4 is 14.4 Å². The number of hydrogen-bond acceptors (Lipinski definition) is 5. The average Bonchev–Trinajstić information content (AvgIpc) is 3.03. The van der Waals surface area contributed by atoms with Gasteiger partial charge in [0.15, 0.2) is 0 Å². The maximum absolute atomic E-state index is 14.4. The summed E-state index contributed by atoms with van der Waals surface area (Å²) >= 11 is 0. The molecule has 0 bridgehead atoms. The molecule has 4 aromatic rings. The summed E-state index contributed by atoms with van der Waals surface area (Å²) in [7, 11) is -2.58. The average molecular weight is 600 g/mol. The van der Waals surface area contributed by atoms with Crippen LogP contribution in [-0.2, 0) is 32.6 Å². The van der Waals surface area contributed by atoms with Gasteiger partial charge in [-0.3, -0.25) is 13.9 Å². The van der Waals surface area contributed by atoms with Gasteiger partial charge in [-0.25, -0.2) is 8.42 Å². The molecule has 0 radical (unpaired) electrons. The van der Waals surface area contributed by atoms with E-state index in [1.165, 1.54) is 17.0 Å². The maximum Gasteiger partial charge on any atom is 0.264 e. The van der Waals surface area contributed by atoms with Crippen LogP contribution in [-0.4, -0.2) is 51.4 Å². The lowest BCUT2D eigenvalue weighted by molar-refractivity contribution is -0.140. The summed E-state index contributed by atoms with van der Waals surface area (Å²) < 4.78 is 34.6. The molecule has 0 aliphatic heterocycles. The molecule has 43 heavy (non-hydrogen) atoms. The number of likely N-dealkylation sites (N-methyl/N-ethyl adjacent to an activating group) is 1. The van der Waals surface area contributed by atoms with E-state index in [2.05, 4.69) is 5.32 Å². The van der Waals surface area contributed by atoms with Crippen LogP contribution in [0.15, 0.2) is 114 Å². The predicted octanol–water partition coefficient (Wildman–Crippen LogP) is 4.98. The van der Waals surface area contributed by atoms with Crippen molar-refractivity contribution in [3.63, 3.8) is 0 Å². The first-order valence-electron chi connectivity index (χ1n) is 14.1. The zero-order valence-electron chi connectivity index (χ0n) is 24.6. The zero-order chi connectivity index (χ0) is 30.8. The first-order chi connectivity index (χ1) is 20.7. The third-order valence-corrected chi connectivity index (χ3v) is 8.88. The first kappa shape index (κ1) is 31.3. The van der Waals surface area contributed by atoms with E-state index in [9.17, 15) is 18.0 Å². The van der Waals surface area contributed by atoms with E-state index >= 15 is 0 Å². The lowest BCUT2D eigenvalue weighted by Gasteiger charge is -2.34. The third kappa shape index (κ3) is 7.81. The standard InChI is InChI=1S/C34H37N3O5S/c1-4-35-34(39)32(23-27-15-7-5-8-16-27)36(24-28-17-13-18-29(22-28)42-3)33(38)25-37(31-21-12-11-14-26(31)2)43(40,41)30-19-9-6-10-20-30/h5-22,32H,4,23-25H2,1-3H3,(H,35,39)/t32-/m0/s1. The highest BCUT2D eigenvalue weighted by Gasteiger charge is 2.34. The van der Waals surface area contributed by atoms with Gasteiger partial charge in [-0.05, 0) is 60.9 Å². The molecule has 0 aliphatic carbocycles. The lowest BCUT2D eigenvalue weighted by Crippen LogP contribution is -2.53. The molecular weight excluding hydrogens is 562 g/mol. The monoisotopic (exact) mass is 599 g/mol. The van der Waals surface area contributed by atoms with E-state index in [1.807, 2.05) is 55.5 Å². The molecule has 0 aromatic heterocycles. The van der Waals surface area contributed by atoms with Crippen molar-refractivity contribution in [2.24, 2.45) is 0 Å². The highest BCUT2D eigenvalue weighted by Crippen LogP contribution is 2.28. The Morgan fingerprint density at radius 1 is 0.837 bits per heavy atom. The Morgan fingerprint density at radius 3 is 2.12 bits per heavy atom. The molecule has 4 aromatic carbocycles. The van der Waals surface area contributed by atoms with Gasteiger partial charge < -0.3 is 15.0 Å². The second kappa shape index (κ2) is 14.5. The Hall–Kier alpha value is -4.63. The van der Waals surface area contributed by atoms with Crippen molar-refractivity contribution in [2.75, 3.05) is 24.5 Å². The van der Waals surface area contributed by atoms with E-state index in [4.69, 9.17) is 4.74 Å². The number of carbonyl (C=O) groups excluding carboxylic acids is 2. The number of anilines is 1. The van der Waals surface area contributed by atoms with Gasteiger partial charge in [-0.2, -0.15) is 0 Å². The van der Waals surface area contributed by atoms with Gasteiger partial charge in [0.2, 0.25) is 11.8 Å². The van der Waals surface area contributed by atoms with Gasteiger partial charge in [0, 0.05) is 19.5 Å². The summed E-state index contributed by atoms with van der Waals surface area (Å²) in [6, 6.07) is 30.9. The fraction of sp³-hybridized carbons (Fsp3) is 0.235. The van der Waals surface area contributed by atoms with Crippen molar-refractivity contribution in [1.82, 2.24) is 10.2 Å². The minimum absolute atomic E-state index is 0.0648. The van der Waals surface area contributed by atoms with Gasteiger partial charge in [0.25, 0.3) is 10.0 Å². The van der Waals surface area contributed by atoms with Crippen molar-refractivity contribution < 1.29 is 22.7 Å². The molecule has 1 atom stereocenters. The summed E-state index contributed by atoms with van der Waals surface area (Å²) in [6.07, 6.45) is 0.248. The van der Waals surface area contributed by atoms with Crippen LogP contribution >= 0.6 is 0 Å². The summed E-state index contributed by atoms with van der Waals surface area (Å²) in [5.74, 6) is -0.232. The van der Waals surface area contributed by atoms with Gasteiger partial charge in [0.05, 0.1) is 17.7 Å². The molecule has 2 amide bonds. The Labute approximate surface area is 254 Å². The zero-order valence-corrected chi connectivity index (χ0v) is 25.5. The van der Waals surface area contributed by atoms with Crippen LogP contribution in [0, 0.1) is 6.92 Å². The van der Waals surface area contributed by atoms with Crippen LogP contribution in [0.4, 0.5) is 5.69 Å². The second-order valence-electron chi connectivity index (χ2n) is 10.1. The number of nitrogens with zero attached hydrogens (tertiary/aromatic N) is 2. The highest BCUT2D eigenvalue weighted by atomic mass is 32.2. The normalized spacial score (nSPS) is 11.8. The second-order valence-corrected chi connectivity index (χ2v) is 11.9. The van der Waals surface area contributed by atoms with Gasteiger partial charge in [-0.15, -0.1) is 0 Å². The SMILES string of the molecule is CCNC(=O)[C@H](Cc1ccccc1)N(Cc1cccc(OC)c1)C(=O)CN(c1ccccc1C)S(=O)(=O)c1ccccc1. The molecule has 1 N–H and O–H groups in total. The molecule has 9 heteroatoms. The summed E-state index contributed by atoms with van der Waals surface area (Å²) in [4.78, 5) is 29.5. The lowest BCUT2D eigenvalue weighted by atomic mass is 10.0. The van der Waals surface area contributed by atoms with Crippen molar-refractivity contribution in [3.05, 3.63) is 126 Å². The van der Waals surface area contributed by atoms with E-state index in [0.717, 1.165) is 15.4 Å². The fourth-order valence-electron chi connectivity index (χ4n) is 4.89. The number of nitrogens with one attached hydrogen (secondary N) is 1. The molecular formula is C34H37N3O5S. The van der Waals surface area contributed by atoms with E-state index < -0.39 is 28.5 Å². The number of ether oxygens (including phenoxy) is 1. The molecule has 0 fully saturated rings. The number of amides is 2. The number of hydrogen-bond donors (Lipinski definition) is 1. The van der Waals surface area contributed by atoms with Crippen LogP contribution in [0.1, 0.15) is 23.6 Å². The number of para-hydroxylation sites is 1. The Balaban J connectivity index is 1.81. The molecule has 0 spiro atoms. The smallest absolute Gasteiger partial charge is 0.264 e. The third-order valence-electron chi connectivity index (χ3n) is 7.10. The largest absolute Gasteiger partial charge is 0.497 e. The van der Waals surface area contributed by atoms with Gasteiger partial charge in [0.1, 0.15) is 18.3 Å². The van der Waals surface area contributed by atoms with Crippen LogP contribution in [0.25, 0.3) is 0 Å².